The van der Waals surface area contributed by atoms with Crippen LogP contribution < -0.4 is 4.74 Å². The smallest absolute Gasteiger partial charge is 0.270 e. The summed E-state index contributed by atoms with van der Waals surface area (Å²) in [6, 6.07) is 14.7. The zero-order chi connectivity index (χ0) is 20.3. The molecule has 0 fully saturated rings. The fourth-order valence-electron chi connectivity index (χ4n) is 3.34. The molecule has 0 aliphatic heterocycles. The molecule has 1 heterocycles. The van der Waals surface area contributed by atoms with Gasteiger partial charge in [0.15, 0.2) is 0 Å². The van der Waals surface area contributed by atoms with E-state index in [9.17, 15) is 10.1 Å². The maximum atomic E-state index is 11.1. The first-order chi connectivity index (χ1) is 13.4. The summed E-state index contributed by atoms with van der Waals surface area (Å²) in [5.41, 5.74) is 5.08. The molecule has 28 heavy (non-hydrogen) atoms. The van der Waals surface area contributed by atoms with E-state index >= 15 is 0 Å². The molecule has 0 aliphatic rings. The Hall–Kier alpha value is -3.19. The predicted octanol–water partition coefficient (Wildman–Crippen LogP) is 4.04. The minimum atomic E-state index is -0.388. The first-order valence-electron chi connectivity index (χ1n) is 9.01. The van der Waals surface area contributed by atoms with E-state index in [-0.39, 0.29) is 10.6 Å². The maximum Gasteiger partial charge on any atom is 0.270 e. The van der Waals surface area contributed by atoms with Crippen molar-refractivity contribution in [3.63, 3.8) is 0 Å². The van der Waals surface area contributed by atoms with Gasteiger partial charge in [-0.3, -0.25) is 15.0 Å². The summed E-state index contributed by atoms with van der Waals surface area (Å²) in [5.74, 6) is 0.644. The van der Waals surface area contributed by atoms with Gasteiger partial charge in [-0.2, -0.15) is 5.10 Å². The van der Waals surface area contributed by atoms with E-state index in [0.717, 1.165) is 28.2 Å². The standard InChI is InChI=1S/C21H24N4O3/c1-15-20(16(2)24(22-15)18-8-6-5-7-9-18)14-23(3)13-17-12-19(25(26)27)10-11-21(17)28-4/h5-12H,13-14H2,1-4H3. The maximum absolute atomic E-state index is 11.1. The summed E-state index contributed by atoms with van der Waals surface area (Å²) in [5, 5.41) is 15.8. The van der Waals surface area contributed by atoms with Crippen LogP contribution in [0.3, 0.4) is 0 Å². The quantitative estimate of drug-likeness (QED) is 0.457. The van der Waals surface area contributed by atoms with Crippen molar-refractivity contribution in [3.05, 3.63) is 81.2 Å². The summed E-state index contributed by atoms with van der Waals surface area (Å²) < 4.78 is 7.33. The Morgan fingerprint density at radius 2 is 1.86 bits per heavy atom. The number of benzene rings is 2. The normalized spacial score (nSPS) is 11.0. The SMILES string of the molecule is COc1ccc([N+](=O)[O-])cc1CN(C)Cc1c(C)nn(-c2ccccc2)c1C. The summed E-state index contributed by atoms with van der Waals surface area (Å²) in [7, 11) is 3.56. The Labute approximate surface area is 164 Å². The van der Waals surface area contributed by atoms with Gasteiger partial charge in [0.05, 0.1) is 23.4 Å². The minimum absolute atomic E-state index is 0.0634. The third kappa shape index (κ3) is 4.04. The third-order valence-corrected chi connectivity index (χ3v) is 4.79. The topological polar surface area (TPSA) is 73.4 Å². The minimum Gasteiger partial charge on any atom is -0.496 e. The highest BCUT2D eigenvalue weighted by molar-refractivity contribution is 5.44. The molecule has 0 bridgehead atoms. The largest absolute Gasteiger partial charge is 0.496 e. The zero-order valence-corrected chi connectivity index (χ0v) is 16.5. The Morgan fingerprint density at radius 1 is 1.14 bits per heavy atom. The predicted molar refractivity (Wildman–Crippen MR) is 108 cm³/mol. The molecular weight excluding hydrogens is 356 g/mol. The van der Waals surface area contributed by atoms with Crippen LogP contribution in [-0.4, -0.2) is 33.8 Å². The van der Waals surface area contributed by atoms with Gasteiger partial charge >= 0.3 is 0 Å². The molecule has 2 aromatic carbocycles. The van der Waals surface area contributed by atoms with Crippen molar-refractivity contribution in [1.29, 1.82) is 0 Å². The molecule has 0 spiro atoms. The number of ether oxygens (including phenoxy) is 1. The number of nitro benzene ring substituents is 1. The number of hydrogen-bond donors (Lipinski definition) is 0. The van der Waals surface area contributed by atoms with Crippen LogP contribution in [0, 0.1) is 24.0 Å². The second kappa shape index (κ2) is 8.22. The van der Waals surface area contributed by atoms with E-state index in [4.69, 9.17) is 4.74 Å². The molecule has 0 unspecified atom stereocenters. The number of aryl methyl sites for hydroxylation is 1. The van der Waals surface area contributed by atoms with Crippen LogP contribution in [0.5, 0.6) is 5.75 Å². The first kappa shape index (κ1) is 19.6. The number of rotatable bonds is 7. The van der Waals surface area contributed by atoms with Gasteiger partial charge in [-0.05, 0) is 39.1 Å². The van der Waals surface area contributed by atoms with Gasteiger partial charge in [0.1, 0.15) is 5.75 Å². The Balaban J connectivity index is 1.83. The third-order valence-electron chi connectivity index (χ3n) is 4.79. The van der Waals surface area contributed by atoms with Crippen LogP contribution in [0.4, 0.5) is 5.69 Å². The molecule has 0 aliphatic carbocycles. The summed E-state index contributed by atoms with van der Waals surface area (Å²) in [6.07, 6.45) is 0. The molecule has 0 atom stereocenters. The fraction of sp³-hybridized carbons (Fsp3) is 0.286. The molecule has 7 heteroatoms. The van der Waals surface area contributed by atoms with E-state index in [2.05, 4.69) is 16.9 Å². The van der Waals surface area contributed by atoms with Gasteiger partial charge in [-0.1, -0.05) is 18.2 Å². The van der Waals surface area contributed by atoms with Crippen LogP contribution >= 0.6 is 0 Å². The summed E-state index contributed by atoms with van der Waals surface area (Å²) >= 11 is 0. The Bertz CT molecular complexity index is 983. The van der Waals surface area contributed by atoms with E-state index in [1.807, 2.05) is 49.0 Å². The van der Waals surface area contributed by atoms with E-state index in [1.165, 1.54) is 6.07 Å². The molecule has 7 nitrogen and oxygen atoms in total. The fourth-order valence-corrected chi connectivity index (χ4v) is 3.34. The number of non-ortho nitro benzene ring substituents is 1. The van der Waals surface area contributed by atoms with Crippen molar-refractivity contribution < 1.29 is 9.66 Å². The van der Waals surface area contributed by atoms with Crippen molar-refractivity contribution in [3.8, 4) is 11.4 Å². The van der Waals surface area contributed by atoms with Gasteiger partial charge in [0.2, 0.25) is 0 Å². The number of para-hydroxylation sites is 1. The molecule has 0 amide bonds. The Kier molecular flexibility index (Phi) is 5.75. The number of methoxy groups -OCH3 is 1. The number of nitrogens with zero attached hydrogens (tertiary/aromatic N) is 4. The van der Waals surface area contributed by atoms with E-state index in [1.54, 1.807) is 19.2 Å². The van der Waals surface area contributed by atoms with Crippen LogP contribution in [0.25, 0.3) is 5.69 Å². The van der Waals surface area contributed by atoms with Gasteiger partial charge in [0, 0.05) is 42.0 Å². The highest BCUT2D eigenvalue weighted by Crippen LogP contribution is 2.26. The lowest BCUT2D eigenvalue weighted by atomic mass is 10.1. The van der Waals surface area contributed by atoms with Crippen molar-refractivity contribution >= 4 is 5.69 Å². The Morgan fingerprint density at radius 3 is 2.50 bits per heavy atom. The zero-order valence-electron chi connectivity index (χ0n) is 16.5. The molecule has 1 aromatic heterocycles. The molecule has 3 rings (SSSR count). The highest BCUT2D eigenvalue weighted by Gasteiger charge is 2.17. The second-order valence-electron chi connectivity index (χ2n) is 6.82. The number of aromatic nitrogens is 2. The van der Waals surface area contributed by atoms with Gasteiger partial charge in [-0.25, -0.2) is 4.68 Å². The van der Waals surface area contributed by atoms with Crippen molar-refractivity contribution in [2.75, 3.05) is 14.2 Å². The molecule has 0 N–H and O–H groups in total. The van der Waals surface area contributed by atoms with Gasteiger partial charge < -0.3 is 4.74 Å². The average Bonchev–Trinajstić information content (AvgIpc) is 2.96. The van der Waals surface area contributed by atoms with Gasteiger partial charge in [-0.15, -0.1) is 0 Å². The average molecular weight is 380 g/mol. The van der Waals surface area contributed by atoms with Crippen molar-refractivity contribution in [2.45, 2.75) is 26.9 Å². The van der Waals surface area contributed by atoms with E-state index < -0.39 is 0 Å². The number of nitro groups is 1. The lowest BCUT2D eigenvalue weighted by Gasteiger charge is -2.18. The molecule has 3 aromatic rings. The van der Waals surface area contributed by atoms with Crippen molar-refractivity contribution in [1.82, 2.24) is 14.7 Å². The summed E-state index contributed by atoms with van der Waals surface area (Å²) in [6.45, 7) is 5.27. The van der Waals surface area contributed by atoms with E-state index in [0.29, 0.717) is 18.8 Å². The van der Waals surface area contributed by atoms with Crippen LogP contribution in [0.2, 0.25) is 0 Å². The monoisotopic (exact) mass is 380 g/mol. The number of hydrogen-bond acceptors (Lipinski definition) is 5. The van der Waals surface area contributed by atoms with Crippen LogP contribution in [-0.2, 0) is 13.1 Å². The van der Waals surface area contributed by atoms with Gasteiger partial charge in [0.25, 0.3) is 5.69 Å². The van der Waals surface area contributed by atoms with Crippen molar-refractivity contribution in [2.24, 2.45) is 0 Å². The summed E-state index contributed by atoms with van der Waals surface area (Å²) in [4.78, 5) is 12.8. The molecule has 0 radical (unpaired) electrons. The molecule has 146 valence electrons. The second-order valence-corrected chi connectivity index (χ2v) is 6.82. The highest BCUT2D eigenvalue weighted by atomic mass is 16.6. The van der Waals surface area contributed by atoms with Crippen LogP contribution in [0.1, 0.15) is 22.5 Å². The van der Waals surface area contributed by atoms with Crippen LogP contribution in [0.15, 0.2) is 48.5 Å². The lowest BCUT2D eigenvalue weighted by Crippen LogP contribution is -2.18. The first-order valence-corrected chi connectivity index (χ1v) is 9.01. The molecule has 0 saturated carbocycles. The molecular formula is C21H24N4O3. The lowest BCUT2D eigenvalue weighted by molar-refractivity contribution is -0.384. The molecule has 0 saturated heterocycles.